The third-order valence-electron chi connectivity index (χ3n) is 2.37. The highest BCUT2D eigenvalue weighted by atomic mass is 32.1. The van der Waals surface area contributed by atoms with Gasteiger partial charge >= 0.3 is 0 Å². The zero-order valence-corrected chi connectivity index (χ0v) is 9.66. The average Bonchev–Trinajstić information content (AvgIpc) is 2.52. The molecule has 1 rings (SSSR count). The molecule has 1 aromatic rings. The van der Waals surface area contributed by atoms with Crippen molar-refractivity contribution < 1.29 is 0 Å². The van der Waals surface area contributed by atoms with Gasteiger partial charge in [0.05, 0.1) is 5.69 Å². The molecule has 1 heterocycles. The quantitative estimate of drug-likeness (QED) is 0.647. The Balaban J connectivity index is 2.35. The van der Waals surface area contributed by atoms with Gasteiger partial charge < -0.3 is 0 Å². The molecule has 0 spiro atoms. The summed E-state index contributed by atoms with van der Waals surface area (Å²) in [6.07, 6.45) is 5.35. The van der Waals surface area contributed by atoms with E-state index in [4.69, 9.17) is 0 Å². The predicted octanol–water partition coefficient (Wildman–Crippen LogP) is 4.14. The van der Waals surface area contributed by atoms with E-state index in [2.05, 4.69) is 31.2 Å². The van der Waals surface area contributed by atoms with E-state index in [1.165, 1.54) is 36.3 Å². The van der Waals surface area contributed by atoms with Crippen molar-refractivity contribution in [3.05, 3.63) is 16.6 Å². The standard InChI is InChI=1S/C11H19NS/c1-4-5-6-7-9(2)11-8-10(3)12-13-11/h8-9H,4-7H2,1-3H3. The van der Waals surface area contributed by atoms with Crippen molar-refractivity contribution in [3.8, 4) is 0 Å². The third-order valence-corrected chi connectivity index (χ3v) is 3.48. The molecule has 1 unspecified atom stereocenters. The summed E-state index contributed by atoms with van der Waals surface area (Å²) < 4.78 is 4.31. The summed E-state index contributed by atoms with van der Waals surface area (Å²) in [5, 5.41) is 0. The van der Waals surface area contributed by atoms with Gasteiger partial charge in [-0.1, -0.05) is 33.1 Å². The van der Waals surface area contributed by atoms with Crippen LogP contribution in [0.2, 0.25) is 0 Å². The third kappa shape index (κ3) is 3.47. The molecule has 0 aliphatic heterocycles. The SMILES string of the molecule is CCCCCC(C)c1cc(C)ns1. The maximum absolute atomic E-state index is 4.31. The molecular formula is C11H19NS. The summed E-state index contributed by atoms with van der Waals surface area (Å²) >= 11 is 1.67. The molecule has 2 heteroatoms. The smallest absolute Gasteiger partial charge is 0.0514 e. The van der Waals surface area contributed by atoms with E-state index in [-0.39, 0.29) is 0 Å². The first-order chi connectivity index (χ1) is 6.24. The van der Waals surface area contributed by atoms with Crippen LogP contribution >= 0.6 is 11.5 Å². The molecule has 13 heavy (non-hydrogen) atoms. The Hall–Kier alpha value is -0.370. The summed E-state index contributed by atoms with van der Waals surface area (Å²) in [7, 11) is 0. The van der Waals surface area contributed by atoms with E-state index in [0.29, 0.717) is 5.92 Å². The first kappa shape index (κ1) is 10.7. The number of hydrogen-bond acceptors (Lipinski definition) is 2. The van der Waals surface area contributed by atoms with Gasteiger partial charge in [0.25, 0.3) is 0 Å². The largest absolute Gasteiger partial charge is 0.198 e. The number of aryl methyl sites for hydroxylation is 1. The molecule has 1 atom stereocenters. The second kappa shape index (κ2) is 5.38. The molecule has 0 saturated carbocycles. The van der Waals surface area contributed by atoms with Gasteiger partial charge in [0, 0.05) is 4.88 Å². The first-order valence-corrected chi connectivity index (χ1v) is 5.94. The van der Waals surface area contributed by atoms with Crippen molar-refractivity contribution in [1.29, 1.82) is 0 Å². The lowest BCUT2D eigenvalue weighted by Crippen LogP contribution is -1.89. The van der Waals surface area contributed by atoms with Gasteiger partial charge in [-0.2, -0.15) is 4.37 Å². The molecule has 0 aliphatic carbocycles. The lowest BCUT2D eigenvalue weighted by molar-refractivity contribution is 0.604. The van der Waals surface area contributed by atoms with Crippen molar-refractivity contribution in [2.24, 2.45) is 0 Å². The molecular weight excluding hydrogens is 178 g/mol. The van der Waals surface area contributed by atoms with E-state index >= 15 is 0 Å². The number of rotatable bonds is 5. The molecule has 0 amide bonds. The van der Waals surface area contributed by atoms with Crippen LogP contribution < -0.4 is 0 Å². The van der Waals surface area contributed by atoms with Gasteiger partial charge in [0.15, 0.2) is 0 Å². The number of nitrogens with zero attached hydrogens (tertiary/aromatic N) is 1. The van der Waals surface area contributed by atoms with E-state index in [1.807, 2.05) is 0 Å². The minimum Gasteiger partial charge on any atom is -0.198 e. The highest BCUT2D eigenvalue weighted by molar-refractivity contribution is 7.05. The molecule has 0 aliphatic rings. The highest BCUT2D eigenvalue weighted by Gasteiger charge is 2.07. The van der Waals surface area contributed by atoms with Gasteiger partial charge in [0.1, 0.15) is 0 Å². The second-order valence-corrected chi connectivity index (χ2v) is 4.60. The fraction of sp³-hybridized carbons (Fsp3) is 0.727. The molecule has 0 bridgehead atoms. The van der Waals surface area contributed by atoms with Crippen LogP contribution in [0.1, 0.15) is 56.0 Å². The molecule has 0 saturated heterocycles. The van der Waals surface area contributed by atoms with E-state index in [9.17, 15) is 0 Å². The Morgan fingerprint density at radius 2 is 2.23 bits per heavy atom. The number of hydrogen-bond donors (Lipinski definition) is 0. The van der Waals surface area contributed by atoms with E-state index in [1.54, 1.807) is 11.5 Å². The van der Waals surface area contributed by atoms with Crippen molar-refractivity contribution in [2.75, 3.05) is 0 Å². The van der Waals surface area contributed by atoms with Gasteiger partial charge in [-0.3, -0.25) is 0 Å². The Morgan fingerprint density at radius 1 is 1.46 bits per heavy atom. The van der Waals surface area contributed by atoms with Crippen LogP contribution in [0.25, 0.3) is 0 Å². The lowest BCUT2D eigenvalue weighted by Gasteiger charge is -2.06. The monoisotopic (exact) mass is 197 g/mol. The minimum absolute atomic E-state index is 0.706. The minimum atomic E-state index is 0.706. The van der Waals surface area contributed by atoms with E-state index in [0.717, 1.165) is 0 Å². The summed E-state index contributed by atoms with van der Waals surface area (Å²) in [4.78, 5) is 1.45. The van der Waals surface area contributed by atoms with Gasteiger partial charge in [0.2, 0.25) is 0 Å². The summed E-state index contributed by atoms with van der Waals surface area (Å²) in [6, 6.07) is 2.22. The molecule has 1 aromatic heterocycles. The maximum atomic E-state index is 4.31. The lowest BCUT2D eigenvalue weighted by atomic mass is 10.0. The van der Waals surface area contributed by atoms with Crippen LogP contribution in [0, 0.1) is 6.92 Å². The Labute approximate surface area is 85.4 Å². The highest BCUT2D eigenvalue weighted by Crippen LogP contribution is 2.25. The van der Waals surface area contributed by atoms with Crippen molar-refractivity contribution in [1.82, 2.24) is 4.37 Å². The van der Waals surface area contributed by atoms with Crippen LogP contribution in [0.15, 0.2) is 6.07 Å². The Bertz CT molecular complexity index is 242. The van der Waals surface area contributed by atoms with Crippen molar-refractivity contribution in [3.63, 3.8) is 0 Å². The van der Waals surface area contributed by atoms with E-state index < -0.39 is 0 Å². The van der Waals surface area contributed by atoms with Crippen LogP contribution in [0.3, 0.4) is 0 Å². The second-order valence-electron chi connectivity index (χ2n) is 3.77. The Morgan fingerprint density at radius 3 is 2.77 bits per heavy atom. The van der Waals surface area contributed by atoms with Gasteiger partial charge in [-0.05, 0) is 36.9 Å². The average molecular weight is 197 g/mol. The summed E-state index contributed by atoms with van der Waals surface area (Å²) in [5.41, 5.74) is 1.17. The van der Waals surface area contributed by atoms with Crippen molar-refractivity contribution >= 4 is 11.5 Å². The van der Waals surface area contributed by atoms with Gasteiger partial charge in [-0.25, -0.2) is 0 Å². The zero-order valence-electron chi connectivity index (χ0n) is 8.84. The predicted molar refractivity (Wildman–Crippen MR) is 59.4 cm³/mol. The van der Waals surface area contributed by atoms with Crippen LogP contribution in [0.5, 0.6) is 0 Å². The number of aromatic nitrogens is 1. The fourth-order valence-electron chi connectivity index (χ4n) is 1.46. The molecule has 74 valence electrons. The molecule has 0 fully saturated rings. The van der Waals surface area contributed by atoms with Gasteiger partial charge in [-0.15, -0.1) is 0 Å². The molecule has 0 radical (unpaired) electrons. The Kier molecular flexibility index (Phi) is 4.43. The molecule has 0 aromatic carbocycles. The topological polar surface area (TPSA) is 12.9 Å². The van der Waals surface area contributed by atoms with Crippen molar-refractivity contribution in [2.45, 2.75) is 52.4 Å². The maximum Gasteiger partial charge on any atom is 0.0514 e. The summed E-state index contributed by atoms with van der Waals surface area (Å²) in [6.45, 7) is 6.63. The van der Waals surface area contributed by atoms with Crippen LogP contribution in [0.4, 0.5) is 0 Å². The van der Waals surface area contributed by atoms with Crippen LogP contribution in [-0.4, -0.2) is 4.37 Å². The number of unbranched alkanes of at least 4 members (excludes halogenated alkanes) is 2. The normalized spacial score (nSPS) is 13.2. The molecule has 0 N–H and O–H groups in total. The fourth-order valence-corrected chi connectivity index (χ4v) is 2.28. The molecule has 1 nitrogen and oxygen atoms in total. The van der Waals surface area contributed by atoms with Crippen LogP contribution in [-0.2, 0) is 0 Å². The summed E-state index contributed by atoms with van der Waals surface area (Å²) in [5.74, 6) is 0.706. The first-order valence-electron chi connectivity index (χ1n) is 5.17. The zero-order chi connectivity index (χ0) is 9.68.